The Morgan fingerprint density at radius 3 is 2.22 bits per heavy atom. The Morgan fingerprint density at radius 1 is 1.11 bits per heavy atom. The lowest BCUT2D eigenvalue weighted by molar-refractivity contribution is 0.233. The fourth-order valence-corrected chi connectivity index (χ4v) is 1.75. The largest absolute Gasteiger partial charge is 0.336 e. The van der Waals surface area contributed by atoms with Gasteiger partial charge in [-0.15, -0.1) is 0 Å². The van der Waals surface area contributed by atoms with Gasteiger partial charge in [-0.05, 0) is 32.3 Å². The number of hydrogen-bond acceptors (Lipinski definition) is 1. The molecule has 2 N–H and O–H groups in total. The van der Waals surface area contributed by atoms with Crippen LogP contribution in [-0.4, -0.2) is 12.1 Å². The highest BCUT2D eigenvalue weighted by Gasteiger charge is 2.13. The minimum absolute atomic E-state index is 0.0784. The molecule has 2 unspecified atom stereocenters. The molecule has 0 bridgehead atoms. The molecule has 0 radical (unpaired) electrons. The van der Waals surface area contributed by atoms with Gasteiger partial charge in [-0.3, -0.25) is 0 Å². The standard InChI is InChI=1S/C15H24N2O/c1-5-12(4)16-15(18)17-14(6-2)13-9-7-11(3)8-10-13/h7-10,12,14H,5-6H2,1-4H3,(H2,16,17,18). The van der Waals surface area contributed by atoms with Crippen LogP contribution in [0.5, 0.6) is 0 Å². The normalized spacial score (nSPS) is 13.8. The summed E-state index contributed by atoms with van der Waals surface area (Å²) < 4.78 is 0. The maximum absolute atomic E-state index is 11.8. The van der Waals surface area contributed by atoms with Gasteiger partial charge in [-0.1, -0.05) is 43.7 Å². The van der Waals surface area contributed by atoms with Crippen molar-refractivity contribution in [2.45, 2.75) is 52.6 Å². The minimum Gasteiger partial charge on any atom is -0.336 e. The molecule has 1 aromatic rings. The first kappa shape index (κ1) is 14.6. The zero-order valence-corrected chi connectivity index (χ0v) is 11.8. The van der Waals surface area contributed by atoms with Gasteiger partial charge in [-0.2, -0.15) is 0 Å². The van der Waals surface area contributed by atoms with Crippen LogP contribution in [-0.2, 0) is 0 Å². The van der Waals surface area contributed by atoms with Gasteiger partial charge >= 0.3 is 6.03 Å². The van der Waals surface area contributed by atoms with E-state index in [1.165, 1.54) is 5.56 Å². The number of urea groups is 1. The summed E-state index contributed by atoms with van der Waals surface area (Å²) in [6.45, 7) is 8.20. The fraction of sp³-hybridized carbons (Fsp3) is 0.533. The van der Waals surface area contributed by atoms with Crippen molar-refractivity contribution in [2.75, 3.05) is 0 Å². The molecule has 0 saturated carbocycles. The van der Waals surface area contributed by atoms with E-state index in [0.717, 1.165) is 18.4 Å². The number of rotatable bonds is 5. The van der Waals surface area contributed by atoms with Crippen molar-refractivity contribution in [3.63, 3.8) is 0 Å². The molecule has 100 valence electrons. The zero-order valence-electron chi connectivity index (χ0n) is 11.8. The molecule has 0 heterocycles. The first-order valence-corrected chi connectivity index (χ1v) is 6.70. The van der Waals surface area contributed by atoms with Crippen LogP contribution in [0.3, 0.4) is 0 Å². The van der Waals surface area contributed by atoms with Crippen LogP contribution in [0.4, 0.5) is 4.79 Å². The van der Waals surface area contributed by atoms with Gasteiger partial charge in [0.1, 0.15) is 0 Å². The number of carbonyl (C=O) groups excluding carboxylic acids is 1. The van der Waals surface area contributed by atoms with E-state index in [2.05, 4.69) is 55.7 Å². The summed E-state index contributed by atoms with van der Waals surface area (Å²) in [7, 11) is 0. The van der Waals surface area contributed by atoms with Crippen LogP contribution < -0.4 is 10.6 Å². The molecule has 0 aromatic heterocycles. The monoisotopic (exact) mass is 248 g/mol. The van der Waals surface area contributed by atoms with Crippen molar-refractivity contribution in [2.24, 2.45) is 0 Å². The summed E-state index contributed by atoms with van der Waals surface area (Å²) in [5.74, 6) is 0. The lowest BCUT2D eigenvalue weighted by Gasteiger charge is -2.20. The summed E-state index contributed by atoms with van der Waals surface area (Å²) in [5.41, 5.74) is 2.39. The maximum atomic E-state index is 11.8. The van der Waals surface area contributed by atoms with Crippen LogP contribution in [0, 0.1) is 6.92 Å². The molecule has 1 rings (SSSR count). The molecule has 1 aromatic carbocycles. The molecule has 0 fully saturated rings. The molecule has 18 heavy (non-hydrogen) atoms. The van der Waals surface area contributed by atoms with E-state index in [-0.39, 0.29) is 18.1 Å². The number of amides is 2. The third-order valence-corrected chi connectivity index (χ3v) is 3.18. The van der Waals surface area contributed by atoms with E-state index >= 15 is 0 Å². The van der Waals surface area contributed by atoms with E-state index in [0.29, 0.717) is 0 Å². The van der Waals surface area contributed by atoms with Crippen LogP contribution in [0.15, 0.2) is 24.3 Å². The Morgan fingerprint density at radius 2 is 1.72 bits per heavy atom. The molecule has 2 amide bonds. The average Bonchev–Trinajstić information content (AvgIpc) is 2.37. The van der Waals surface area contributed by atoms with Crippen molar-refractivity contribution < 1.29 is 4.79 Å². The highest BCUT2D eigenvalue weighted by atomic mass is 16.2. The van der Waals surface area contributed by atoms with Crippen molar-refractivity contribution in [1.82, 2.24) is 10.6 Å². The Hall–Kier alpha value is -1.51. The zero-order chi connectivity index (χ0) is 13.5. The predicted octanol–water partition coefficient (Wildman–Crippen LogP) is 3.54. The lowest BCUT2D eigenvalue weighted by Crippen LogP contribution is -2.42. The van der Waals surface area contributed by atoms with Crippen molar-refractivity contribution in [3.05, 3.63) is 35.4 Å². The van der Waals surface area contributed by atoms with E-state index in [1.807, 2.05) is 6.92 Å². The first-order chi connectivity index (χ1) is 8.56. The van der Waals surface area contributed by atoms with Gasteiger partial charge in [-0.25, -0.2) is 4.79 Å². The Kier molecular flexibility index (Phi) is 5.69. The number of aryl methyl sites for hydroxylation is 1. The predicted molar refractivity (Wildman–Crippen MR) is 75.6 cm³/mol. The molecule has 3 heteroatoms. The molecule has 2 atom stereocenters. The number of nitrogens with one attached hydrogen (secondary N) is 2. The summed E-state index contributed by atoms with van der Waals surface area (Å²) in [6.07, 6.45) is 1.83. The molecule has 0 aliphatic carbocycles. The van der Waals surface area contributed by atoms with Gasteiger partial charge in [0, 0.05) is 6.04 Å². The van der Waals surface area contributed by atoms with Gasteiger partial charge < -0.3 is 10.6 Å². The summed E-state index contributed by atoms with van der Waals surface area (Å²) in [5, 5.41) is 5.94. The second-order valence-electron chi connectivity index (χ2n) is 4.80. The van der Waals surface area contributed by atoms with Crippen LogP contribution in [0.25, 0.3) is 0 Å². The molecular formula is C15H24N2O. The number of benzene rings is 1. The van der Waals surface area contributed by atoms with Gasteiger partial charge in [0.05, 0.1) is 6.04 Å². The van der Waals surface area contributed by atoms with Gasteiger partial charge in [0.2, 0.25) is 0 Å². The first-order valence-electron chi connectivity index (χ1n) is 6.70. The Balaban J connectivity index is 2.61. The second-order valence-corrected chi connectivity index (χ2v) is 4.80. The topological polar surface area (TPSA) is 41.1 Å². The Labute approximate surface area is 110 Å². The van der Waals surface area contributed by atoms with Crippen molar-refractivity contribution in [3.8, 4) is 0 Å². The molecule has 0 spiro atoms. The van der Waals surface area contributed by atoms with Gasteiger partial charge in [0.25, 0.3) is 0 Å². The number of carbonyl (C=O) groups is 1. The Bertz CT molecular complexity index is 373. The number of hydrogen-bond donors (Lipinski definition) is 2. The third-order valence-electron chi connectivity index (χ3n) is 3.18. The molecule has 3 nitrogen and oxygen atoms in total. The third kappa shape index (κ3) is 4.40. The second kappa shape index (κ2) is 7.04. The van der Waals surface area contributed by atoms with Crippen molar-refractivity contribution >= 4 is 6.03 Å². The highest BCUT2D eigenvalue weighted by Crippen LogP contribution is 2.16. The summed E-state index contributed by atoms with van der Waals surface area (Å²) in [6, 6.07) is 8.51. The lowest BCUT2D eigenvalue weighted by atomic mass is 10.0. The van der Waals surface area contributed by atoms with E-state index in [4.69, 9.17) is 0 Å². The van der Waals surface area contributed by atoms with Crippen LogP contribution >= 0.6 is 0 Å². The SMILES string of the molecule is CCC(C)NC(=O)NC(CC)c1ccc(C)cc1. The fourth-order valence-electron chi connectivity index (χ4n) is 1.75. The molecule has 0 aliphatic heterocycles. The van der Waals surface area contributed by atoms with E-state index < -0.39 is 0 Å². The molecular weight excluding hydrogens is 224 g/mol. The van der Waals surface area contributed by atoms with Crippen LogP contribution in [0.2, 0.25) is 0 Å². The van der Waals surface area contributed by atoms with E-state index in [1.54, 1.807) is 0 Å². The maximum Gasteiger partial charge on any atom is 0.315 e. The minimum atomic E-state index is -0.0863. The van der Waals surface area contributed by atoms with Crippen molar-refractivity contribution in [1.29, 1.82) is 0 Å². The van der Waals surface area contributed by atoms with E-state index in [9.17, 15) is 4.79 Å². The smallest absolute Gasteiger partial charge is 0.315 e. The highest BCUT2D eigenvalue weighted by molar-refractivity contribution is 5.74. The van der Waals surface area contributed by atoms with Gasteiger partial charge in [0.15, 0.2) is 0 Å². The summed E-state index contributed by atoms with van der Waals surface area (Å²) >= 11 is 0. The van der Waals surface area contributed by atoms with Crippen LogP contribution in [0.1, 0.15) is 50.8 Å². The average molecular weight is 248 g/mol. The quantitative estimate of drug-likeness (QED) is 0.822. The molecule has 0 saturated heterocycles. The summed E-state index contributed by atoms with van der Waals surface area (Å²) in [4.78, 5) is 11.8. The molecule has 0 aliphatic rings.